The number of thioether (sulfide) groups is 1. The molecule has 3 heterocycles. The van der Waals surface area contributed by atoms with Gasteiger partial charge in [-0.2, -0.15) is 0 Å². The van der Waals surface area contributed by atoms with Crippen LogP contribution < -0.4 is 0 Å². The largest absolute Gasteiger partial charge is 0.461 e. The molecule has 4 atom stereocenters. The first kappa shape index (κ1) is 19.6. The minimum Gasteiger partial charge on any atom is -0.461 e. The highest BCUT2D eigenvalue weighted by Crippen LogP contribution is 2.58. The molecule has 2 aromatic carbocycles. The maximum atomic E-state index is 13.7. The average molecular weight is 429 g/mol. The Kier molecular flexibility index (Phi) is 5.35. The van der Waals surface area contributed by atoms with Crippen molar-refractivity contribution in [3.63, 3.8) is 0 Å². The Labute approximate surface area is 184 Å². The van der Waals surface area contributed by atoms with Gasteiger partial charge in [0.15, 0.2) is 11.5 Å². The van der Waals surface area contributed by atoms with Gasteiger partial charge in [-0.25, -0.2) is 0 Å². The van der Waals surface area contributed by atoms with Crippen molar-refractivity contribution in [2.45, 2.75) is 16.4 Å². The van der Waals surface area contributed by atoms with Crippen LogP contribution in [0, 0.1) is 5.92 Å². The summed E-state index contributed by atoms with van der Waals surface area (Å²) in [4.78, 5) is 27.2. The SMILES string of the molecule is O=C(c1ccco1)C1SC(c2ccccc2)C(C(=O)c2ccco2)C1c1ccccc1. The summed E-state index contributed by atoms with van der Waals surface area (Å²) in [6.07, 6.45) is 3.01. The highest BCUT2D eigenvalue weighted by atomic mass is 32.2. The monoisotopic (exact) mass is 428 g/mol. The first-order valence-corrected chi connectivity index (χ1v) is 11.1. The Morgan fingerprint density at radius 2 is 1.19 bits per heavy atom. The number of furan rings is 2. The second-order valence-corrected chi connectivity index (χ2v) is 8.82. The minimum absolute atomic E-state index is 0.0880. The molecule has 5 heteroatoms. The number of hydrogen-bond donors (Lipinski definition) is 0. The average Bonchev–Trinajstić information content (AvgIpc) is 3.60. The molecule has 1 aliphatic heterocycles. The third-order valence-electron chi connectivity index (χ3n) is 5.73. The lowest BCUT2D eigenvalue weighted by atomic mass is 9.76. The van der Waals surface area contributed by atoms with Crippen molar-refractivity contribution >= 4 is 23.3 Å². The molecule has 0 aliphatic carbocycles. The number of ketones is 2. The molecule has 0 radical (unpaired) electrons. The predicted molar refractivity (Wildman–Crippen MR) is 119 cm³/mol. The molecule has 154 valence electrons. The Morgan fingerprint density at radius 3 is 1.74 bits per heavy atom. The minimum atomic E-state index is -0.456. The quantitative estimate of drug-likeness (QED) is 0.343. The number of carbonyl (C=O) groups excluding carboxylic acids is 2. The first-order valence-electron chi connectivity index (χ1n) is 10.1. The van der Waals surface area contributed by atoms with Crippen LogP contribution in [-0.2, 0) is 0 Å². The highest BCUT2D eigenvalue weighted by Gasteiger charge is 2.52. The van der Waals surface area contributed by atoms with Gasteiger partial charge in [0.1, 0.15) is 0 Å². The number of rotatable bonds is 6. The van der Waals surface area contributed by atoms with Crippen molar-refractivity contribution in [2.75, 3.05) is 0 Å². The van der Waals surface area contributed by atoms with Crippen molar-refractivity contribution in [1.82, 2.24) is 0 Å². The van der Waals surface area contributed by atoms with Crippen LogP contribution in [0.25, 0.3) is 0 Å². The van der Waals surface area contributed by atoms with E-state index >= 15 is 0 Å². The molecule has 5 rings (SSSR count). The normalized spacial score (nSPS) is 23.0. The van der Waals surface area contributed by atoms with E-state index in [1.807, 2.05) is 60.7 Å². The predicted octanol–water partition coefficient (Wildman–Crippen LogP) is 6.19. The lowest BCUT2D eigenvalue weighted by Gasteiger charge is -2.24. The summed E-state index contributed by atoms with van der Waals surface area (Å²) < 4.78 is 10.9. The summed E-state index contributed by atoms with van der Waals surface area (Å²) in [6, 6.07) is 26.5. The summed E-state index contributed by atoms with van der Waals surface area (Å²) in [7, 11) is 0. The number of carbonyl (C=O) groups is 2. The maximum absolute atomic E-state index is 13.7. The topological polar surface area (TPSA) is 60.4 Å². The number of hydrogen-bond acceptors (Lipinski definition) is 5. The zero-order valence-corrected chi connectivity index (χ0v) is 17.4. The van der Waals surface area contributed by atoms with Gasteiger partial charge in [-0.3, -0.25) is 9.59 Å². The van der Waals surface area contributed by atoms with Gasteiger partial charge in [0.2, 0.25) is 11.6 Å². The van der Waals surface area contributed by atoms with Gasteiger partial charge in [-0.15, -0.1) is 11.8 Å². The van der Waals surface area contributed by atoms with Crippen molar-refractivity contribution < 1.29 is 18.4 Å². The Bertz CT molecular complexity index is 1150. The van der Waals surface area contributed by atoms with Crippen molar-refractivity contribution in [2.24, 2.45) is 5.92 Å². The van der Waals surface area contributed by atoms with E-state index in [1.165, 1.54) is 24.3 Å². The van der Waals surface area contributed by atoms with Crippen LogP contribution in [0.2, 0.25) is 0 Å². The fraction of sp³-hybridized carbons (Fsp3) is 0.154. The molecule has 1 aliphatic rings. The lowest BCUT2D eigenvalue weighted by molar-refractivity contribution is 0.0860. The van der Waals surface area contributed by atoms with E-state index in [1.54, 1.807) is 24.3 Å². The summed E-state index contributed by atoms with van der Waals surface area (Å²) in [6.45, 7) is 0. The van der Waals surface area contributed by atoms with Gasteiger partial charge in [-0.1, -0.05) is 60.7 Å². The van der Waals surface area contributed by atoms with Gasteiger partial charge < -0.3 is 8.83 Å². The Balaban J connectivity index is 1.65. The summed E-state index contributed by atoms with van der Waals surface area (Å²) in [5.41, 5.74) is 1.98. The molecule has 31 heavy (non-hydrogen) atoms. The molecule has 4 unspecified atom stereocenters. The zero-order valence-electron chi connectivity index (χ0n) is 16.6. The van der Waals surface area contributed by atoms with Crippen LogP contribution in [0.1, 0.15) is 43.4 Å². The zero-order chi connectivity index (χ0) is 21.2. The van der Waals surface area contributed by atoms with E-state index in [2.05, 4.69) is 0 Å². The molecule has 1 saturated heterocycles. The van der Waals surface area contributed by atoms with E-state index in [9.17, 15) is 9.59 Å². The Morgan fingerprint density at radius 1 is 0.645 bits per heavy atom. The van der Waals surface area contributed by atoms with Crippen LogP contribution in [0.4, 0.5) is 0 Å². The Hall–Kier alpha value is -3.31. The van der Waals surface area contributed by atoms with Crippen molar-refractivity contribution in [3.05, 3.63) is 120 Å². The molecule has 0 amide bonds. The van der Waals surface area contributed by atoms with E-state index in [0.717, 1.165) is 11.1 Å². The molecular formula is C26H20O4S. The summed E-state index contributed by atoms with van der Waals surface area (Å²) in [5.74, 6) is -0.319. The third-order valence-corrected chi connectivity index (χ3v) is 7.39. The molecule has 0 spiro atoms. The molecule has 4 aromatic rings. The van der Waals surface area contributed by atoms with Crippen LogP contribution >= 0.6 is 11.8 Å². The molecule has 0 saturated carbocycles. The molecule has 0 bridgehead atoms. The summed E-state index contributed by atoms with van der Waals surface area (Å²) in [5, 5.41) is -0.643. The van der Waals surface area contributed by atoms with E-state index < -0.39 is 11.2 Å². The first-order chi connectivity index (χ1) is 15.2. The fourth-order valence-corrected chi connectivity index (χ4v) is 6.19. The molecule has 4 nitrogen and oxygen atoms in total. The number of Topliss-reactive ketones (excluding diaryl/α,β-unsaturated/α-hetero) is 2. The summed E-state index contributed by atoms with van der Waals surface area (Å²) >= 11 is 1.53. The third kappa shape index (κ3) is 3.66. The molecule has 2 aromatic heterocycles. The van der Waals surface area contributed by atoms with Crippen LogP contribution in [-0.4, -0.2) is 16.8 Å². The number of benzene rings is 2. The van der Waals surface area contributed by atoms with Gasteiger partial charge >= 0.3 is 0 Å². The van der Waals surface area contributed by atoms with E-state index in [4.69, 9.17) is 8.83 Å². The van der Waals surface area contributed by atoms with Gasteiger partial charge in [0.25, 0.3) is 0 Å². The lowest BCUT2D eigenvalue weighted by Crippen LogP contribution is -2.29. The van der Waals surface area contributed by atoms with Crippen LogP contribution in [0.5, 0.6) is 0 Å². The highest BCUT2D eigenvalue weighted by molar-refractivity contribution is 8.01. The molecule has 1 fully saturated rings. The molecular weight excluding hydrogens is 408 g/mol. The van der Waals surface area contributed by atoms with E-state index in [-0.39, 0.29) is 22.7 Å². The second kappa shape index (κ2) is 8.44. The van der Waals surface area contributed by atoms with Crippen LogP contribution in [0.15, 0.2) is 106 Å². The van der Waals surface area contributed by atoms with Crippen molar-refractivity contribution in [3.8, 4) is 0 Å². The van der Waals surface area contributed by atoms with Gasteiger partial charge in [0, 0.05) is 17.1 Å². The van der Waals surface area contributed by atoms with Gasteiger partial charge in [0.05, 0.1) is 17.8 Å². The van der Waals surface area contributed by atoms with Crippen molar-refractivity contribution in [1.29, 1.82) is 0 Å². The van der Waals surface area contributed by atoms with E-state index in [0.29, 0.717) is 11.5 Å². The second-order valence-electron chi connectivity index (χ2n) is 7.53. The standard InChI is InChI=1S/C26H20O4S/c27-23(19-13-7-15-29-19)22-21(17-9-3-1-4-10-17)26(24(28)20-14-8-16-30-20)31-25(22)18-11-5-2-6-12-18/h1-16,21-22,25-26H. The van der Waals surface area contributed by atoms with Gasteiger partial charge in [-0.05, 0) is 35.4 Å². The molecule has 0 N–H and O–H groups in total. The maximum Gasteiger partial charge on any atom is 0.211 e. The fourth-order valence-electron chi connectivity index (χ4n) is 4.36. The smallest absolute Gasteiger partial charge is 0.211 e. The van der Waals surface area contributed by atoms with Crippen LogP contribution in [0.3, 0.4) is 0 Å².